The predicted molar refractivity (Wildman–Crippen MR) is 94.6 cm³/mol. The second-order valence-corrected chi connectivity index (χ2v) is 5.79. The SMILES string of the molecule is CCc1nc2c(N(C)Cc3cccc(-n4cccn4)c3)ncnc2o1. The van der Waals surface area contributed by atoms with Crippen molar-refractivity contribution < 1.29 is 4.42 Å². The van der Waals surface area contributed by atoms with Gasteiger partial charge < -0.3 is 9.32 Å². The number of fused-ring (bicyclic) bond motifs is 1. The Labute approximate surface area is 145 Å². The molecule has 4 rings (SSSR count). The minimum absolute atomic E-state index is 0.527. The minimum Gasteiger partial charge on any atom is -0.422 e. The summed E-state index contributed by atoms with van der Waals surface area (Å²) in [5, 5.41) is 4.28. The van der Waals surface area contributed by atoms with Gasteiger partial charge in [-0.05, 0) is 23.8 Å². The van der Waals surface area contributed by atoms with E-state index in [9.17, 15) is 0 Å². The number of hydrogen-bond donors (Lipinski definition) is 0. The molecule has 4 aromatic rings. The Morgan fingerprint density at radius 1 is 1.20 bits per heavy atom. The number of aryl methyl sites for hydroxylation is 1. The first kappa shape index (κ1) is 15.3. The Hall–Kier alpha value is -3.22. The van der Waals surface area contributed by atoms with Crippen LogP contribution in [0, 0.1) is 0 Å². The van der Waals surface area contributed by atoms with Crippen molar-refractivity contribution in [2.45, 2.75) is 19.9 Å². The molecule has 7 nitrogen and oxygen atoms in total. The fraction of sp³-hybridized carbons (Fsp3) is 0.222. The molecule has 7 heteroatoms. The Morgan fingerprint density at radius 2 is 2.12 bits per heavy atom. The third kappa shape index (κ3) is 2.96. The first-order chi connectivity index (χ1) is 12.2. The van der Waals surface area contributed by atoms with Crippen molar-refractivity contribution >= 4 is 17.0 Å². The second kappa shape index (κ2) is 6.35. The van der Waals surface area contributed by atoms with E-state index in [1.807, 2.05) is 47.9 Å². The molecule has 3 aromatic heterocycles. The lowest BCUT2D eigenvalue weighted by Gasteiger charge is -2.18. The molecular formula is C18H18N6O. The summed E-state index contributed by atoms with van der Waals surface area (Å²) in [6.07, 6.45) is 5.94. The highest BCUT2D eigenvalue weighted by molar-refractivity contribution is 5.81. The van der Waals surface area contributed by atoms with Crippen LogP contribution in [0.15, 0.2) is 53.5 Å². The lowest BCUT2D eigenvalue weighted by atomic mass is 10.2. The molecule has 126 valence electrons. The van der Waals surface area contributed by atoms with E-state index in [0.29, 0.717) is 23.7 Å². The van der Waals surface area contributed by atoms with Crippen molar-refractivity contribution in [1.29, 1.82) is 0 Å². The molecule has 0 aliphatic rings. The largest absolute Gasteiger partial charge is 0.422 e. The van der Waals surface area contributed by atoms with Gasteiger partial charge in [-0.15, -0.1) is 0 Å². The maximum Gasteiger partial charge on any atom is 0.252 e. The molecule has 0 fully saturated rings. The summed E-state index contributed by atoms with van der Waals surface area (Å²) >= 11 is 0. The quantitative estimate of drug-likeness (QED) is 0.559. The average molecular weight is 334 g/mol. The van der Waals surface area contributed by atoms with Gasteiger partial charge in [0.25, 0.3) is 5.71 Å². The number of oxazole rings is 1. The molecule has 25 heavy (non-hydrogen) atoms. The van der Waals surface area contributed by atoms with E-state index in [1.165, 1.54) is 6.33 Å². The Bertz CT molecular complexity index is 992. The molecule has 0 amide bonds. The van der Waals surface area contributed by atoms with E-state index >= 15 is 0 Å². The first-order valence-electron chi connectivity index (χ1n) is 8.15. The van der Waals surface area contributed by atoms with Gasteiger partial charge in [-0.1, -0.05) is 19.1 Å². The zero-order valence-corrected chi connectivity index (χ0v) is 14.1. The second-order valence-electron chi connectivity index (χ2n) is 5.79. The maximum absolute atomic E-state index is 5.63. The highest BCUT2D eigenvalue weighted by Crippen LogP contribution is 2.24. The van der Waals surface area contributed by atoms with E-state index in [-0.39, 0.29) is 0 Å². The van der Waals surface area contributed by atoms with E-state index in [1.54, 1.807) is 6.20 Å². The first-order valence-corrected chi connectivity index (χ1v) is 8.15. The normalized spacial score (nSPS) is 11.1. The molecule has 0 N–H and O–H groups in total. The van der Waals surface area contributed by atoms with Crippen molar-refractivity contribution in [2.75, 3.05) is 11.9 Å². The van der Waals surface area contributed by atoms with E-state index < -0.39 is 0 Å². The molecule has 0 aliphatic carbocycles. The Balaban J connectivity index is 1.63. The molecular weight excluding hydrogens is 316 g/mol. The summed E-state index contributed by atoms with van der Waals surface area (Å²) in [7, 11) is 1.99. The molecule has 0 spiro atoms. The lowest BCUT2D eigenvalue weighted by Crippen LogP contribution is -2.18. The third-order valence-electron chi connectivity index (χ3n) is 3.98. The summed E-state index contributed by atoms with van der Waals surface area (Å²) in [5.41, 5.74) is 3.41. The van der Waals surface area contributed by atoms with Crippen LogP contribution < -0.4 is 4.90 Å². The smallest absolute Gasteiger partial charge is 0.252 e. The van der Waals surface area contributed by atoms with E-state index in [2.05, 4.69) is 32.2 Å². The van der Waals surface area contributed by atoms with Gasteiger partial charge in [0.2, 0.25) is 0 Å². The highest BCUT2D eigenvalue weighted by Gasteiger charge is 2.15. The van der Waals surface area contributed by atoms with E-state index in [0.717, 1.165) is 23.5 Å². The van der Waals surface area contributed by atoms with Crippen LogP contribution in [0.4, 0.5) is 5.82 Å². The molecule has 0 saturated carbocycles. The molecule has 0 saturated heterocycles. The van der Waals surface area contributed by atoms with Gasteiger partial charge in [0.15, 0.2) is 17.2 Å². The Morgan fingerprint density at radius 3 is 2.92 bits per heavy atom. The van der Waals surface area contributed by atoms with Gasteiger partial charge in [0.05, 0.1) is 5.69 Å². The number of benzene rings is 1. The van der Waals surface area contributed by atoms with Crippen LogP contribution in [0.3, 0.4) is 0 Å². The zero-order valence-electron chi connectivity index (χ0n) is 14.1. The summed E-state index contributed by atoms with van der Waals surface area (Å²) in [6.45, 7) is 2.69. The summed E-state index contributed by atoms with van der Waals surface area (Å²) in [5.74, 6) is 1.43. The molecule has 0 atom stereocenters. The summed E-state index contributed by atoms with van der Waals surface area (Å²) in [4.78, 5) is 15.1. The van der Waals surface area contributed by atoms with Crippen molar-refractivity contribution in [2.24, 2.45) is 0 Å². The average Bonchev–Trinajstić information content (AvgIpc) is 3.30. The highest BCUT2D eigenvalue weighted by atomic mass is 16.4. The van der Waals surface area contributed by atoms with Crippen molar-refractivity contribution in [3.63, 3.8) is 0 Å². The lowest BCUT2D eigenvalue weighted by molar-refractivity contribution is 0.529. The van der Waals surface area contributed by atoms with Crippen molar-refractivity contribution in [3.05, 3.63) is 60.5 Å². The van der Waals surface area contributed by atoms with E-state index in [4.69, 9.17) is 4.42 Å². The summed E-state index contributed by atoms with van der Waals surface area (Å²) < 4.78 is 7.47. The maximum atomic E-state index is 5.63. The number of aromatic nitrogens is 5. The van der Waals surface area contributed by atoms with Gasteiger partial charge in [0, 0.05) is 32.4 Å². The summed E-state index contributed by atoms with van der Waals surface area (Å²) in [6, 6.07) is 10.2. The van der Waals surface area contributed by atoms with Gasteiger partial charge in [-0.2, -0.15) is 10.1 Å². The molecule has 1 aromatic carbocycles. The number of hydrogen-bond acceptors (Lipinski definition) is 6. The number of rotatable bonds is 5. The van der Waals surface area contributed by atoms with Crippen LogP contribution >= 0.6 is 0 Å². The van der Waals surface area contributed by atoms with Crippen LogP contribution in [-0.4, -0.2) is 31.8 Å². The van der Waals surface area contributed by atoms with Gasteiger partial charge >= 0.3 is 0 Å². The fourth-order valence-corrected chi connectivity index (χ4v) is 2.78. The molecule has 0 bridgehead atoms. The van der Waals surface area contributed by atoms with Crippen LogP contribution in [0.2, 0.25) is 0 Å². The van der Waals surface area contributed by atoms with Crippen LogP contribution in [-0.2, 0) is 13.0 Å². The van der Waals surface area contributed by atoms with Crippen LogP contribution in [0.5, 0.6) is 0 Å². The van der Waals surface area contributed by atoms with Gasteiger partial charge in [-0.3, -0.25) is 0 Å². The fourth-order valence-electron chi connectivity index (χ4n) is 2.78. The molecule has 0 aliphatic heterocycles. The van der Waals surface area contributed by atoms with Crippen LogP contribution in [0.25, 0.3) is 16.9 Å². The third-order valence-corrected chi connectivity index (χ3v) is 3.98. The van der Waals surface area contributed by atoms with Gasteiger partial charge in [-0.25, -0.2) is 14.6 Å². The van der Waals surface area contributed by atoms with Crippen molar-refractivity contribution in [3.8, 4) is 5.69 Å². The van der Waals surface area contributed by atoms with Crippen molar-refractivity contribution in [1.82, 2.24) is 24.7 Å². The zero-order chi connectivity index (χ0) is 17.2. The molecule has 0 radical (unpaired) electrons. The van der Waals surface area contributed by atoms with Crippen LogP contribution in [0.1, 0.15) is 18.4 Å². The molecule has 0 unspecified atom stereocenters. The number of nitrogens with zero attached hydrogens (tertiary/aromatic N) is 6. The molecule has 3 heterocycles. The Kier molecular flexibility index (Phi) is 3.89. The predicted octanol–water partition coefficient (Wildman–Crippen LogP) is 3.00. The van der Waals surface area contributed by atoms with Gasteiger partial charge in [0.1, 0.15) is 6.33 Å². The minimum atomic E-state index is 0.527. The monoisotopic (exact) mass is 334 g/mol. The number of anilines is 1. The topological polar surface area (TPSA) is 72.9 Å². The standard InChI is InChI=1S/C18H18N6O/c1-3-15-22-16-17(19-12-20-18(16)25-15)23(2)11-13-6-4-7-14(10-13)24-9-5-8-21-24/h4-10,12H,3,11H2,1-2H3.